The van der Waals surface area contributed by atoms with E-state index in [0.717, 1.165) is 17.4 Å². The molecule has 96 valence electrons. The van der Waals surface area contributed by atoms with Crippen LogP contribution in [0.25, 0.3) is 22.4 Å². The lowest BCUT2D eigenvalue weighted by molar-refractivity contribution is -0.660. The van der Waals surface area contributed by atoms with Gasteiger partial charge in [-0.1, -0.05) is 35.0 Å². The molecule has 0 saturated carbocycles. The van der Waals surface area contributed by atoms with Crippen LogP contribution in [0.3, 0.4) is 0 Å². The zero-order valence-corrected chi connectivity index (χ0v) is 12.4. The second-order valence-electron chi connectivity index (χ2n) is 4.65. The van der Waals surface area contributed by atoms with Crippen molar-refractivity contribution in [3.63, 3.8) is 0 Å². The average Bonchev–Trinajstić information content (AvgIpc) is 2.79. The maximum absolute atomic E-state index is 3.53. The average molecular weight is 316 g/mol. The Morgan fingerprint density at radius 2 is 1.79 bits per heavy atom. The van der Waals surface area contributed by atoms with Crippen molar-refractivity contribution in [1.82, 2.24) is 4.98 Å². The maximum atomic E-state index is 3.53. The molecule has 0 radical (unpaired) electrons. The number of aryl methyl sites for hydroxylation is 1. The molecule has 3 heteroatoms. The Morgan fingerprint density at radius 1 is 1.05 bits per heavy atom. The second kappa shape index (κ2) is 5.17. The third-order valence-electron chi connectivity index (χ3n) is 3.28. The molecule has 0 saturated heterocycles. The van der Waals surface area contributed by atoms with Crippen LogP contribution in [0.2, 0.25) is 0 Å². The summed E-state index contributed by atoms with van der Waals surface area (Å²) in [6, 6.07) is 16.9. The Hall–Kier alpha value is -1.61. The molecule has 3 aromatic rings. The number of benzene rings is 2. The normalized spacial score (nSPS) is 11.1. The Balaban J connectivity index is 2.21. The van der Waals surface area contributed by atoms with Gasteiger partial charge in [-0.2, -0.15) is 0 Å². The first kappa shape index (κ1) is 12.4. The van der Waals surface area contributed by atoms with Crippen LogP contribution in [0.15, 0.2) is 53.0 Å². The van der Waals surface area contributed by atoms with E-state index in [1.807, 2.05) is 0 Å². The molecule has 0 bridgehead atoms. The lowest BCUT2D eigenvalue weighted by Crippen LogP contribution is -2.34. The van der Waals surface area contributed by atoms with Gasteiger partial charge in [0.1, 0.15) is 0 Å². The Labute approximate surface area is 121 Å². The molecule has 0 unspecified atom stereocenters. The molecule has 0 fully saturated rings. The van der Waals surface area contributed by atoms with E-state index in [2.05, 4.69) is 80.9 Å². The molecule has 1 heterocycles. The van der Waals surface area contributed by atoms with E-state index in [1.165, 1.54) is 22.4 Å². The highest BCUT2D eigenvalue weighted by atomic mass is 79.9. The third kappa shape index (κ3) is 2.30. The molecule has 0 spiro atoms. The molecule has 0 aliphatic heterocycles. The van der Waals surface area contributed by atoms with Gasteiger partial charge in [0.15, 0.2) is 11.0 Å². The molecule has 1 N–H and O–H groups in total. The van der Waals surface area contributed by atoms with Gasteiger partial charge in [0.25, 0.3) is 5.82 Å². The minimum atomic E-state index is 1.02. The Morgan fingerprint density at radius 3 is 2.53 bits per heavy atom. The number of imidazole rings is 1. The number of nitrogens with zero attached hydrogens (tertiary/aromatic N) is 1. The van der Waals surface area contributed by atoms with E-state index in [-0.39, 0.29) is 0 Å². The van der Waals surface area contributed by atoms with Gasteiger partial charge in [-0.25, -0.2) is 9.55 Å². The predicted octanol–water partition coefficient (Wildman–Crippen LogP) is 4.29. The predicted molar refractivity (Wildman–Crippen MR) is 81.9 cm³/mol. The van der Waals surface area contributed by atoms with Crippen LogP contribution in [-0.4, -0.2) is 4.98 Å². The van der Waals surface area contributed by atoms with Gasteiger partial charge >= 0.3 is 0 Å². The van der Waals surface area contributed by atoms with Gasteiger partial charge in [0, 0.05) is 4.47 Å². The van der Waals surface area contributed by atoms with Gasteiger partial charge in [0.05, 0.1) is 12.1 Å². The number of H-pyrrole nitrogens is 1. The highest BCUT2D eigenvalue weighted by Crippen LogP contribution is 2.21. The number of fused-ring (bicyclic) bond motifs is 1. The van der Waals surface area contributed by atoms with Crippen LogP contribution < -0.4 is 4.57 Å². The van der Waals surface area contributed by atoms with Crippen molar-refractivity contribution < 1.29 is 4.57 Å². The number of para-hydroxylation sites is 2. The fraction of sp³-hybridized carbons (Fsp3) is 0.188. The summed E-state index contributed by atoms with van der Waals surface area (Å²) in [5.41, 5.74) is 3.67. The first-order chi connectivity index (χ1) is 9.29. The molecule has 19 heavy (non-hydrogen) atoms. The summed E-state index contributed by atoms with van der Waals surface area (Å²) < 4.78 is 3.47. The fourth-order valence-electron chi connectivity index (χ4n) is 2.42. The van der Waals surface area contributed by atoms with Crippen LogP contribution in [0.5, 0.6) is 0 Å². The van der Waals surface area contributed by atoms with Crippen molar-refractivity contribution in [2.45, 2.75) is 19.9 Å². The van der Waals surface area contributed by atoms with E-state index < -0.39 is 0 Å². The van der Waals surface area contributed by atoms with Crippen molar-refractivity contribution >= 4 is 27.0 Å². The van der Waals surface area contributed by atoms with Crippen LogP contribution in [0.1, 0.15) is 13.3 Å². The van der Waals surface area contributed by atoms with Crippen molar-refractivity contribution in [2.24, 2.45) is 0 Å². The monoisotopic (exact) mass is 315 g/mol. The Kier molecular flexibility index (Phi) is 3.38. The quantitative estimate of drug-likeness (QED) is 0.695. The number of halogens is 1. The molecule has 2 nitrogen and oxygen atoms in total. The second-order valence-corrected chi connectivity index (χ2v) is 5.56. The molecular weight excluding hydrogens is 300 g/mol. The van der Waals surface area contributed by atoms with Crippen LogP contribution >= 0.6 is 15.9 Å². The minimum absolute atomic E-state index is 1.02. The highest BCUT2D eigenvalue weighted by Gasteiger charge is 2.18. The summed E-state index contributed by atoms with van der Waals surface area (Å²) in [4.78, 5) is 3.53. The van der Waals surface area contributed by atoms with E-state index in [0.29, 0.717) is 0 Å². The molecule has 0 amide bonds. The summed E-state index contributed by atoms with van der Waals surface area (Å²) >= 11 is 3.48. The maximum Gasteiger partial charge on any atom is 0.287 e. The van der Waals surface area contributed by atoms with Crippen molar-refractivity contribution in [3.05, 3.63) is 53.0 Å². The standard InChI is InChI=1S/C16H15BrN2/c1-2-11-19-15-6-4-3-5-14(15)18-16(19)12-7-9-13(17)10-8-12/h3-10H,2,11H2,1H3/p+1. The molecule has 3 rings (SSSR count). The largest absolute Gasteiger partial charge is 0.287 e. The van der Waals surface area contributed by atoms with Gasteiger partial charge in [0.2, 0.25) is 0 Å². The smallest absolute Gasteiger partial charge is 0.236 e. The van der Waals surface area contributed by atoms with Crippen molar-refractivity contribution in [1.29, 1.82) is 0 Å². The molecule has 0 aliphatic carbocycles. The molecular formula is C16H16BrN2+. The van der Waals surface area contributed by atoms with E-state index in [1.54, 1.807) is 0 Å². The number of nitrogens with one attached hydrogen (secondary N) is 1. The molecule has 0 aliphatic rings. The Bertz CT molecular complexity index is 698. The number of aromatic nitrogens is 2. The zero-order chi connectivity index (χ0) is 13.2. The lowest BCUT2D eigenvalue weighted by atomic mass is 10.2. The van der Waals surface area contributed by atoms with Crippen LogP contribution in [-0.2, 0) is 6.54 Å². The fourth-order valence-corrected chi connectivity index (χ4v) is 2.69. The van der Waals surface area contributed by atoms with Crippen LogP contribution in [0.4, 0.5) is 0 Å². The minimum Gasteiger partial charge on any atom is -0.236 e. The first-order valence-electron chi connectivity index (χ1n) is 6.56. The van der Waals surface area contributed by atoms with Gasteiger partial charge in [-0.3, -0.25) is 0 Å². The topological polar surface area (TPSA) is 19.7 Å². The highest BCUT2D eigenvalue weighted by molar-refractivity contribution is 9.10. The first-order valence-corrected chi connectivity index (χ1v) is 7.35. The van der Waals surface area contributed by atoms with E-state index in [9.17, 15) is 0 Å². The summed E-state index contributed by atoms with van der Waals surface area (Å²) in [5, 5.41) is 0. The van der Waals surface area contributed by atoms with Gasteiger partial charge in [-0.05, 0) is 42.8 Å². The molecule has 0 atom stereocenters. The number of hydrogen-bond acceptors (Lipinski definition) is 0. The number of rotatable bonds is 3. The molecule has 2 aromatic carbocycles. The van der Waals surface area contributed by atoms with Crippen molar-refractivity contribution in [3.8, 4) is 11.4 Å². The van der Waals surface area contributed by atoms with E-state index in [4.69, 9.17) is 0 Å². The lowest BCUT2D eigenvalue weighted by Gasteiger charge is -2.00. The summed E-state index contributed by atoms with van der Waals surface area (Å²) in [6.45, 7) is 3.23. The summed E-state index contributed by atoms with van der Waals surface area (Å²) in [6.07, 6.45) is 1.12. The summed E-state index contributed by atoms with van der Waals surface area (Å²) in [5.74, 6) is 1.18. The zero-order valence-electron chi connectivity index (χ0n) is 10.9. The van der Waals surface area contributed by atoms with E-state index >= 15 is 0 Å². The molecule has 1 aromatic heterocycles. The van der Waals surface area contributed by atoms with Gasteiger partial charge in [-0.15, -0.1) is 0 Å². The SMILES string of the molecule is CCC[n+]1c(-c2ccc(Br)cc2)[nH]c2ccccc21. The number of hydrogen-bond donors (Lipinski definition) is 1. The van der Waals surface area contributed by atoms with Gasteiger partial charge < -0.3 is 0 Å². The summed E-state index contributed by atoms with van der Waals surface area (Å²) in [7, 11) is 0. The number of aromatic amines is 1. The van der Waals surface area contributed by atoms with Crippen LogP contribution in [0, 0.1) is 0 Å². The van der Waals surface area contributed by atoms with Crippen molar-refractivity contribution in [2.75, 3.05) is 0 Å². The third-order valence-corrected chi connectivity index (χ3v) is 3.81.